The van der Waals surface area contributed by atoms with Crippen LogP contribution in [0.2, 0.25) is 0 Å². The van der Waals surface area contributed by atoms with Gasteiger partial charge in [-0.2, -0.15) is 0 Å². The molecule has 0 aromatic heterocycles. The zero-order chi connectivity index (χ0) is 17.4. The zero-order valence-electron chi connectivity index (χ0n) is 13.8. The number of benzene rings is 2. The number of hydrogen-bond acceptors (Lipinski definition) is 5. The van der Waals surface area contributed by atoms with Crippen molar-refractivity contribution in [3.8, 4) is 11.5 Å². The molecule has 0 saturated carbocycles. The molecule has 2 rings (SSSR count). The van der Waals surface area contributed by atoms with E-state index in [1.165, 1.54) is 24.8 Å². The number of carbonyl (C=O) groups excluding carboxylic acids is 2. The van der Waals surface area contributed by atoms with Gasteiger partial charge in [-0.3, -0.25) is 0 Å². The molecule has 0 spiro atoms. The molecule has 0 bridgehead atoms. The Balaban J connectivity index is 2.00. The van der Waals surface area contributed by atoms with Gasteiger partial charge in [0.25, 0.3) is 0 Å². The Morgan fingerprint density at radius 3 is 2.33 bits per heavy atom. The number of methoxy groups -OCH3 is 1. The van der Waals surface area contributed by atoms with Gasteiger partial charge in [-0.1, -0.05) is 37.6 Å². The van der Waals surface area contributed by atoms with Crippen molar-refractivity contribution in [2.45, 2.75) is 26.2 Å². The maximum absolute atomic E-state index is 11.9. The van der Waals surface area contributed by atoms with Crippen LogP contribution >= 0.6 is 0 Å². The standard InChI is InChI=1S/C19H20O5/c1-3-4-7-14-10-12-15(13-11-14)23-19(21)24-17-9-6-5-8-16(17)18(20)22-2/h5-6,8-13H,3-4,7H2,1-2H3. The molecule has 0 N–H and O–H groups in total. The number of para-hydroxylation sites is 1. The summed E-state index contributed by atoms with van der Waals surface area (Å²) in [4.78, 5) is 23.5. The lowest BCUT2D eigenvalue weighted by atomic mass is 10.1. The Morgan fingerprint density at radius 2 is 1.67 bits per heavy atom. The highest BCUT2D eigenvalue weighted by Crippen LogP contribution is 2.20. The molecule has 0 atom stereocenters. The summed E-state index contributed by atoms with van der Waals surface area (Å²) in [5.41, 5.74) is 1.35. The summed E-state index contributed by atoms with van der Waals surface area (Å²) in [5, 5.41) is 0. The number of carbonyl (C=O) groups is 2. The molecule has 5 nitrogen and oxygen atoms in total. The maximum Gasteiger partial charge on any atom is 0.519 e. The fourth-order valence-corrected chi connectivity index (χ4v) is 2.15. The molecule has 0 unspecified atom stereocenters. The van der Waals surface area contributed by atoms with Crippen LogP contribution in [-0.4, -0.2) is 19.2 Å². The largest absolute Gasteiger partial charge is 0.519 e. The van der Waals surface area contributed by atoms with Crippen LogP contribution in [0.15, 0.2) is 48.5 Å². The lowest BCUT2D eigenvalue weighted by molar-refractivity contribution is 0.0597. The summed E-state index contributed by atoms with van der Waals surface area (Å²) in [6, 6.07) is 13.6. The third-order valence-corrected chi connectivity index (χ3v) is 3.43. The Labute approximate surface area is 141 Å². The van der Waals surface area contributed by atoms with Crippen molar-refractivity contribution in [2.24, 2.45) is 0 Å². The van der Waals surface area contributed by atoms with E-state index in [0.717, 1.165) is 19.3 Å². The average molecular weight is 328 g/mol. The topological polar surface area (TPSA) is 61.8 Å². The Bertz CT molecular complexity index is 691. The Hall–Kier alpha value is -2.82. The molecule has 2 aromatic carbocycles. The van der Waals surface area contributed by atoms with E-state index in [4.69, 9.17) is 9.47 Å². The number of ether oxygens (including phenoxy) is 3. The molecular weight excluding hydrogens is 308 g/mol. The normalized spacial score (nSPS) is 10.1. The van der Waals surface area contributed by atoms with E-state index < -0.39 is 12.1 Å². The van der Waals surface area contributed by atoms with Crippen LogP contribution < -0.4 is 9.47 Å². The van der Waals surface area contributed by atoms with Crippen LogP contribution in [0.5, 0.6) is 11.5 Å². The first-order valence-corrected chi connectivity index (χ1v) is 7.80. The van der Waals surface area contributed by atoms with Gasteiger partial charge in [0.05, 0.1) is 7.11 Å². The third kappa shape index (κ3) is 4.84. The second-order valence-electron chi connectivity index (χ2n) is 5.19. The maximum atomic E-state index is 11.9. The molecule has 0 saturated heterocycles. The number of esters is 1. The van der Waals surface area contributed by atoms with Crippen LogP contribution in [0, 0.1) is 0 Å². The second kappa shape index (κ2) is 8.72. The molecule has 2 aromatic rings. The number of hydrogen-bond donors (Lipinski definition) is 0. The van der Waals surface area contributed by atoms with E-state index in [9.17, 15) is 9.59 Å². The van der Waals surface area contributed by atoms with Gasteiger partial charge >= 0.3 is 12.1 Å². The average Bonchev–Trinajstić information content (AvgIpc) is 2.61. The van der Waals surface area contributed by atoms with Crippen molar-refractivity contribution in [1.82, 2.24) is 0 Å². The van der Waals surface area contributed by atoms with Gasteiger partial charge in [0.15, 0.2) is 0 Å². The molecule has 0 heterocycles. The van der Waals surface area contributed by atoms with E-state index in [1.807, 2.05) is 12.1 Å². The third-order valence-electron chi connectivity index (χ3n) is 3.43. The van der Waals surface area contributed by atoms with Crippen molar-refractivity contribution in [2.75, 3.05) is 7.11 Å². The lowest BCUT2D eigenvalue weighted by Crippen LogP contribution is -2.16. The van der Waals surface area contributed by atoms with E-state index >= 15 is 0 Å². The summed E-state index contributed by atoms with van der Waals surface area (Å²) in [5.74, 6) is -0.108. The summed E-state index contributed by atoms with van der Waals surface area (Å²) < 4.78 is 14.9. The minimum absolute atomic E-state index is 0.0916. The van der Waals surface area contributed by atoms with Gasteiger partial charge < -0.3 is 14.2 Å². The monoisotopic (exact) mass is 328 g/mol. The molecule has 0 radical (unpaired) electrons. The smallest absolute Gasteiger partial charge is 0.465 e. The van der Waals surface area contributed by atoms with Gasteiger partial charge in [-0.05, 0) is 42.7 Å². The summed E-state index contributed by atoms with van der Waals surface area (Å²) in [7, 11) is 1.26. The number of unbranched alkanes of at least 4 members (excludes halogenated alkanes) is 1. The van der Waals surface area contributed by atoms with Crippen molar-refractivity contribution < 1.29 is 23.8 Å². The Kier molecular flexibility index (Phi) is 6.37. The first kappa shape index (κ1) is 17.5. The summed E-state index contributed by atoms with van der Waals surface area (Å²) in [6.07, 6.45) is 2.33. The first-order valence-electron chi connectivity index (χ1n) is 7.80. The van der Waals surface area contributed by atoms with Gasteiger partial charge in [0, 0.05) is 0 Å². The summed E-state index contributed by atoms with van der Waals surface area (Å²) in [6.45, 7) is 2.14. The van der Waals surface area contributed by atoms with E-state index in [-0.39, 0.29) is 11.3 Å². The number of rotatable bonds is 6. The van der Waals surface area contributed by atoms with Crippen molar-refractivity contribution in [3.05, 3.63) is 59.7 Å². The van der Waals surface area contributed by atoms with Crippen molar-refractivity contribution >= 4 is 12.1 Å². The molecule has 126 valence electrons. The minimum atomic E-state index is -0.910. The van der Waals surface area contributed by atoms with Crippen LogP contribution in [0.3, 0.4) is 0 Å². The second-order valence-corrected chi connectivity index (χ2v) is 5.19. The van der Waals surface area contributed by atoms with E-state index in [0.29, 0.717) is 5.75 Å². The van der Waals surface area contributed by atoms with Crippen LogP contribution in [0.1, 0.15) is 35.7 Å². The van der Waals surface area contributed by atoms with Crippen LogP contribution in [-0.2, 0) is 11.2 Å². The molecule has 0 aliphatic heterocycles. The fraction of sp³-hybridized carbons (Fsp3) is 0.263. The fourth-order valence-electron chi connectivity index (χ4n) is 2.15. The highest BCUT2D eigenvalue weighted by atomic mass is 16.7. The van der Waals surface area contributed by atoms with Gasteiger partial charge in [-0.15, -0.1) is 0 Å². The molecule has 0 aliphatic carbocycles. The lowest BCUT2D eigenvalue weighted by Gasteiger charge is -2.09. The van der Waals surface area contributed by atoms with Crippen molar-refractivity contribution in [3.63, 3.8) is 0 Å². The first-order chi connectivity index (χ1) is 11.6. The van der Waals surface area contributed by atoms with Crippen LogP contribution in [0.25, 0.3) is 0 Å². The van der Waals surface area contributed by atoms with E-state index in [2.05, 4.69) is 11.7 Å². The van der Waals surface area contributed by atoms with Gasteiger partial charge in [-0.25, -0.2) is 9.59 Å². The molecule has 0 aliphatic rings. The van der Waals surface area contributed by atoms with Crippen LogP contribution in [0.4, 0.5) is 4.79 Å². The Morgan fingerprint density at radius 1 is 0.958 bits per heavy atom. The molecule has 0 fully saturated rings. The van der Waals surface area contributed by atoms with Crippen molar-refractivity contribution in [1.29, 1.82) is 0 Å². The quantitative estimate of drug-likeness (QED) is 0.581. The zero-order valence-corrected chi connectivity index (χ0v) is 13.8. The molecular formula is C19H20O5. The molecule has 24 heavy (non-hydrogen) atoms. The molecule has 5 heteroatoms. The predicted molar refractivity (Wildman–Crippen MR) is 89.5 cm³/mol. The van der Waals surface area contributed by atoms with Gasteiger partial charge in [0.2, 0.25) is 0 Å². The highest BCUT2D eigenvalue weighted by molar-refractivity contribution is 5.93. The van der Waals surface area contributed by atoms with E-state index in [1.54, 1.807) is 24.3 Å². The SMILES string of the molecule is CCCCc1ccc(OC(=O)Oc2ccccc2C(=O)OC)cc1. The number of aryl methyl sites for hydroxylation is 1. The molecule has 0 amide bonds. The minimum Gasteiger partial charge on any atom is -0.465 e. The predicted octanol–water partition coefficient (Wildman–Crippen LogP) is 4.39. The summed E-state index contributed by atoms with van der Waals surface area (Å²) >= 11 is 0. The van der Waals surface area contributed by atoms with Gasteiger partial charge in [0.1, 0.15) is 17.1 Å². The highest BCUT2D eigenvalue weighted by Gasteiger charge is 2.16.